The standard InChI is InChI=1S/C31H32BrN3O5/c1-18-29-22-12-25(36)26(37-2)13-23(22)30(20-7-5-19(6-8-20)15-34-9-3-4-10-34)35(31(29)40-33-18)16-21-11-27-28(14-24(21)32)39-17-38-27/h5-8,11-14,29-31,36H,3-4,9-10,15-17H2,1-2H3/t29-,30-,31-/m1/s1. The van der Waals surface area contributed by atoms with Crippen molar-refractivity contribution < 1.29 is 24.2 Å². The molecule has 4 aliphatic heterocycles. The number of phenols is 1. The fourth-order valence-corrected chi connectivity index (χ4v) is 6.97. The smallest absolute Gasteiger partial charge is 0.231 e. The molecule has 0 aliphatic carbocycles. The molecule has 0 amide bonds. The summed E-state index contributed by atoms with van der Waals surface area (Å²) in [5, 5.41) is 15.2. The average molecular weight is 607 g/mol. The Labute approximate surface area is 242 Å². The SMILES string of the molecule is COc1cc2c(cc1O)[C@H]1C(C)=NO[C@H]1N(Cc1cc3c(cc1Br)OCO3)[C@@H]2c1ccc(CN2CCCC2)cc1. The molecule has 3 atom stereocenters. The highest BCUT2D eigenvalue weighted by Gasteiger charge is 2.48. The number of ether oxygens (including phenoxy) is 3. The summed E-state index contributed by atoms with van der Waals surface area (Å²) in [6, 6.07) is 16.6. The number of oxime groups is 1. The van der Waals surface area contributed by atoms with Crippen molar-refractivity contribution in [2.45, 2.75) is 51.0 Å². The summed E-state index contributed by atoms with van der Waals surface area (Å²) in [7, 11) is 1.59. The summed E-state index contributed by atoms with van der Waals surface area (Å²) in [6.45, 7) is 6.08. The molecule has 3 aromatic rings. The van der Waals surface area contributed by atoms with Gasteiger partial charge in [-0.3, -0.25) is 4.90 Å². The van der Waals surface area contributed by atoms with Gasteiger partial charge in [0.25, 0.3) is 0 Å². The molecule has 4 heterocycles. The van der Waals surface area contributed by atoms with E-state index < -0.39 is 0 Å². The van der Waals surface area contributed by atoms with Crippen LogP contribution in [0.4, 0.5) is 0 Å². The maximum Gasteiger partial charge on any atom is 0.231 e. The zero-order chi connectivity index (χ0) is 27.4. The van der Waals surface area contributed by atoms with E-state index in [0.29, 0.717) is 12.3 Å². The third-order valence-electron chi connectivity index (χ3n) is 8.51. The van der Waals surface area contributed by atoms with Gasteiger partial charge in [-0.2, -0.15) is 0 Å². The lowest BCUT2D eigenvalue weighted by Gasteiger charge is -2.43. The first-order chi connectivity index (χ1) is 19.5. The fourth-order valence-electron chi connectivity index (χ4n) is 6.52. The van der Waals surface area contributed by atoms with E-state index >= 15 is 0 Å². The highest BCUT2D eigenvalue weighted by atomic mass is 79.9. The van der Waals surface area contributed by atoms with E-state index in [4.69, 9.17) is 19.0 Å². The largest absolute Gasteiger partial charge is 0.504 e. The van der Waals surface area contributed by atoms with Crippen molar-refractivity contribution in [3.8, 4) is 23.0 Å². The first-order valence-electron chi connectivity index (χ1n) is 13.8. The van der Waals surface area contributed by atoms with E-state index in [0.717, 1.165) is 50.5 Å². The molecule has 208 valence electrons. The number of halogens is 1. The number of aromatic hydroxyl groups is 1. The molecule has 1 fully saturated rings. The van der Waals surface area contributed by atoms with E-state index in [1.54, 1.807) is 7.11 Å². The number of rotatable bonds is 6. The topological polar surface area (TPSA) is 76.0 Å². The zero-order valence-corrected chi connectivity index (χ0v) is 24.2. The Bertz CT molecular complexity index is 1470. The lowest BCUT2D eigenvalue weighted by atomic mass is 9.79. The van der Waals surface area contributed by atoms with Crippen LogP contribution in [0.5, 0.6) is 23.0 Å². The van der Waals surface area contributed by atoms with Crippen molar-refractivity contribution in [3.63, 3.8) is 0 Å². The summed E-state index contributed by atoms with van der Waals surface area (Å²) in [5.41, 5.74) is 6.46. The van der Waals surface area contributed by atoms with Gasteiger partial charge in [-0.25, -0.2) is 4.90 Å². The first-order valence-corrected chi connectivity index (χ1v) is 14.6. The van der Waals surface area contributed by atoms with Crippen LogP contribution >= 0.6 is 15.9 Å². The van der Waals surface area contributed by atoms with Crippen molar-refractivity contribution in [2.75, 3.05) is 27.0 Å². The highest BCUT2D eigenvalue weighted by Crippen LogP contribution is 2.50. The number of hydrogen-bond acceptors (Lipinski definition) is 8. The van der Waals surface area contributed by atoms with Crippen LogP contribution in [0.2, 0.25) is 0 Å². The normalized spacial score (nSPS) is 23.5. The molecular weight excluding hydrogens is 574 g/mol. The molecule has 0 saturated carbocycles. The quantitative estimate of drug-likeness (QED) is 0.374. The summed E-state index contributed by atoms with van der Waals surface area (Å²) >= 11 is 3.76. The number of phenolic OH excluding ortho intramolecular Hbond substituents is 1. The summed E-state index contributed by atoms with van der Waals surface area (Å²) < 4.78 is 17.8. The van der Waals surface area contributed by atoms with Crippen LogP contribution in [0, 0.1) is 0 Å². The molecule has 9 heteroatoms. The van der Waals surface area contributed by atoms with E-state index in [9.17, 15) is 5.11 Å². The van der Waals surface area contributed by atoms with Crippen LogP contribution in [0.1, 0.15) is 59.5 Å². The first kappa shape index (κ1) is 25.7. The van der Waals surface area contributed by atoms with E-state index in [2.05, 4.69) is 55.2 Å². The number of hydrogen-bond donors (Lipinski definition) is 1. The van der Waals surface area contributed by atoms with Gasteiger partial charge in [-0.05, 0) is 84.9 Å². The zero-order valence-electron chi connectivity index (χ0n) is 22.6. The van der Waals surface area contributed by atoms with Gasteiger partial charge in [-0.15, -0.1) is 0 Å². The van der Waals surface area contributed by atoms with Gasteiger partial charge >= 0.3 is 0 Å². The Morgan fingerprint density at radius 1 is 1.00 bits per heavy atom. The minimum Gasteiger partial charge on any atom is -0.504 e. The van der Waals surface area contributed by atoms with Gasteiger partial charge < -0.3 is 24.2 Å². The second-order valence-electron chi connectivity index (χ2n) is 11.0. The molecule has 3 aromatic carbocycles. The average Bonchev–Trinajstić information content (AvgIpc) is 3.71. The molecule has 4 aliphatic rings. The minimum atomic E-state index is -0.341. The summed E-state index contributed by atoms with van der Waals surface area (Å²) in [5.74, 6) is 1.92. The van der Waals surface area contributed by atoms with Crippen LogP contribution in [0.25, 0.3) is 0 Å². The molecule has 7 rings (SSSR count). The molecule has 40 heavy (non-hydrogen) atoms. The van der Waals surface area contributed by atoms with E-state index in [1.807, 2.05) is 31.2 Å². The van der Waals surface area contributed by atoms with E-state index in [1.165, 1.54) is 31.5 Å². The maximum atomic E-state index is 10.8. The molecule has 0 unspecified atom stereocenters. The van der Waals surface area contributed by atoms with Gasteiger partial charge in [0.2, 0.25) is 6.79 Å². The molecule has 0 bridgehead atoms. The van der Waals surface area contributed by atoms with Crippen molar-refractivity contribution in [1.82, 2.24) is 9.80 Å². The van der Waals surface area contributed by atoms with Crippen molar-refractivity contribution in [3.05, 3.63) is 80.8 Å². The lowest BCUT2D eigenvalue weighted by Crippen LogP contribution is -2.46. The minimum absolute atomic E-state index is 0.117. The molecule has 1 N–H and O–H groups in total. The predicted octanol–water partition coefficient (Wildman–Crippen LogP) is 5.91. The highest BCUT2D eigenvalue weighted by molar-refractivity contribution is 9.10. The fraction of sp³-hybridized carbons (Fsp3) is 0.387. The Hall–Kier alpha value is -3.27. The Morgan fingerprint density at radius 2 is 1.75 bits per heavy atom. The second-order valence-corrected chi connectivity index (χ2v) is 11.8. The second kappa shape index (κ2) is 10.3. The Balaban J connectivity index is 1.33. The van der Waals surface area contributed by atoms with Crippen molar-refractivity contribution >= 4 is 21.6 Å². The molecular formula is C31H32BrN3O5. The molecule has 0 spiro atoms. The number of fused-ring (bicyclic) bond motifs is 4. The van der Waals surface area contributed by atoms with Crippen molar-refractivity contribution in [1.29, 1.82) is 0 Å². The van der Waals surface area contributed by atoms with Crippen LogP contribution < -0.4 is 14.2 Å². The summed E-state index contributed by atoms with van der Waals surface area (Å²) in [6.07, 6.45) is 2.21. The van der Waals surface area contributed by atoms with Gasteiger partial charge in [0.1, 0.15) is 0 Å². The van der Waals surface area contributed by atoms with Crippen LogP contribution in [0.3, 0.4) is 0 Å². The van der Waals surface area contributed by atoms with Crippen LogP contribution in [0.15, 0.2) is 58.2 Å². The molecule has 8 nitrogen and oxygen atoms in total. The number of likely N-dealkylation sites (tertiary alicyclic amines) is 1. The van der Waals surface area contributed by atoms with E-state index in [-0.39, 0.29) is 30.7 Å². The molecule has 1 saturated heterocycles. The molecule has 0 radical (unpaired) electrons. The predicted molar refractivity (Wildman–Crippen MR) is 154 cm³/mol. The van der Waals surface area contributed by atoms with Gasteiger partial charge in [0.05, 0.1) is 24.8 Å². The van der Waals surface area contributed by atoms with Gasteiger partial charge in [0, 0.05) is 17.6 Å². The maximum absolute atomic E-state index is 10.8. The molecule has 0 aromatic heterocycles. The summed E-state index contributed by atoms with van der Waals surface area (Å²) in [4.78, 5) is 11.0. The Kier molecular flexibility index (Phi) is 6.60. The Morgan fingerprint density at radius 3 is 2.50 bits per heavy atom. The third kappa shape index (κ3) is 4.40. The number of benzene rings is 3. The third-order valence-corrected chi connectivity index (χ3v) is 9.25. The monoisotopic (exact) mass is 605 g/mol. The van der Waals surface area contributed by atoms with Crippen LogP contribution in [-0.2, 0) is 17.9 Å². The number of nitrogens with zero attached hydrogens (tertiary/aromatic N) is 3. The van der Waals surface area contributed by atoms with Crippen LogP contribution in [-0.4, -0.2) is 53.8 Å². The van der Waals surface area contributed by atoms with Gasteiger partial charge in [0.15, 0.2) is 29.2 Å². The number of methoxy groups -OCH3 is 1. The lowest BCUT2D eigenvalue weighted by molar-refractivity contribution is -0.0734. The van der Waals surface area contributed by atoms with Crippen molar-refractivity contribution in [2.24, 2.45) is 5.16 Å². The van der Waals surface area contributed by atoms with Gasteiger partial charge in [-0.1, -0.05) is 45.4 Å².